The Labute approximate surface area is 133 Å². The maximum absolute atomic E-state index is 4.58. The molecule has 5 heteroatoms. The molecule has 2 bridgehead atoms. The van der Waals surface area contributed by atoms with Gasteiger partial charge in [0.25, 0.3) is 0 Å². The van der Waals surface area contributed by atoms with Crippen molar-refractivity contribution in [2.45, 2.75) is 43.8 Å². The van der Waals surface area contributed by atoms with E-state index in [-0.39, 0.29) is 0 Å². The third-order valence-corrected chi connectivity index (χ3v) is 5.33. The topological polar surface area (TPSA) is 41.1 Å². The Hall–Kier alpha value is -1.20. The highest BCUT2D eigenvalue weighted by molar-refractivity contribution is 9.10. The van der Waals surface area contributed by atoms with Gasteiger partial charge in [-0.3, -0.25) is 9.97 Å². The van der Waals surface area contributed by atoms with Gasteiger partial charge in [0.2, 0.25) is 0 Å². The van der Waals surface area contributed by atoms with Crippen LogP contribution in [0.25, 0.3) is 11.0 Å². The zero-order chi connectivity index (χ0) is 14.4. The lowest BCUT2D eigenvalue weighted by molar-refractivity contribution is 0.355. The molecule has 2 aromatic heterocycles. The van der Waals surface area contributed by atoms with Crippen molar-refractivity contribution in [3.05, 3.63) is 29.0 Å². The molecular weight excluding hydrogens is 328 g/mol. The van der Waals surface area contributed by atoms with Crippen molar-refractivity contribution in [1.29, 1.82) is 0 Å². The standard InChI is InChI=1S/C16H19BrN4/c1-21(13-7-11-2-3-12(8-13)20-11)15-4-5-18-14-6-10(17)9-19-16(14)15/h4-6,9,11-13,20H,2-3,7-8H2,1H3. The number of hydrogen-bond donors (Lipinski definition) is 1. The second-order valence-corrected chi connectivity index (χ2v) is 7.14. The number of fused-ring (bicyclic) bond motifs is 3. The highest BCUT2D eigenvalue weighted by atomic mass is 79.9. The Bertz CT molecular complexity index is 662. The van der Waals surface area contributed by atoms with E-state index in [1.165, 1.54) is 31.4 Å². The molecule has 0 spiro atoms. The first-order valence-electron chi connectivity index (χ1n) is 7.60. The fourth-order valence-electron chi connectivity index (χ4n) is 3.82. The second kappa shape index (κ2) is 5.21. The third-order valence-electron chi connectivity index (χ3n) is 4.90. The summed E-state index contributed by atoms with van der Waals surface area (Å²) < 4.78 is 0.974. The summed E-state index contributed by atoms with van der Waals surface area (Å²) in [6, 6.07) is 6.12. The molecule has 2 aliphatic rings. The number of piperidine rings is 1. The van der Waals surface area contributed by atoms with Crippen LogP contribution in [0.1, 0.15) is 25.7 Å². The van der Waals surface area contributed by atoms with Gasteiger partial charge in [0.1, 0.15) is 5.52 Å². The van der Waals surface area contributed by atoms with Crippen LogP contribution in [0, 0.1) is 0 Å². The van der Waals surface area contributed by atoms with Crippen molar-refractivity contribution in [2.75, 3.05) is 11.9 Å². The van der Waals surface area contributed by atoms with Crippen LogP contribution in [-0.2, 0) is 0 Å². The molecule has 21 heavy (non-hydrogen) atoms. The molecule has 0 aromatic carbocycles. The summed E-state index contributed by atoms with van der Waals surface area (Å²) >= 11 is 3.47. The highest BCUT2D eigenvalue weighted by Crippen LogP contribution is 2.33. The Kier molecular flexibility index (Phi) is 3.34. The fraction of sp³-hybridized carbons (Fsp3) is 0.500. The minimum atomic E-state index is 0.597. The zero-order valence-electron chi connectivity index (χ0n) is 12.1. The number of hydrogen-bond acceptors (Lipinski definition) is 4. The number of aromatic nitrogens is 2. The predicted octanol–water partition coefficient (Wildman–Crippen LogP) is 3.11. The summed E-state index contributed by atoms with van der Waals surface area (Å²) in [5.41, 5.74) is 3.14. The Morgan fingerprint density at radius 1 is 1.24 bits per heavy atom. The maximum atomic E-state index is 4.58. The zero-order valence-corrected chi connectivity index (χ0v) is 13.7. The van der Waals surface area contributed by atoms with E-state index in [0.717, 1.165) is 15.5 Å². The minimum Gasteiger partial charge on any atom is -0.370 e. The first-order valence-corrected chi connectivity index (χ1v) is 8.39. The molecule has 2 atom stereocenters. The molecule has 2 saturated heterocycles. The monoisotopic (exact) mass is 346 g/mol. The van der Waals surface area contributed by atoms with Gasteiger partial charge in [-0.25, -0.2) is 0 Å². The second-order valence-electron chi connectivity index (χ2n) is 6.23. The molecule has 0 saturated carbocycles. The summed E-state index contributed by atoms with van der Waals surface area (Å²) in [5, 5.41) is 3.71. The molecule has 1 N–H and O–H groups in total. The molecule has 4 rings (SSSR count). The van der Waals surface area contributed by atoms with Gasteiger partial charge in [-0.1, -0.05) is 0 Å². The van der Waals surface area contributed by atoms with Crippen molar-refractivity contribution < 1.29 is 0 Å². The van der Waals surface area contributed by atoms with Crippen molar-refractivity contribution >= 4 is 32.7 Å². The molecule has 2 unspecified atom stereocenters. The van der Waals surface area contributed by atoms with Gasteiger partial charge in [0.05, 0.1) is 11.2 Å². The largest absolute Gasteiger partial charge is 0.370 e. The molecule has 2 aromatic rings. The number of pyridine rings is 2. The molecule has 0 aliphatic carbocycles. The lowest BCUT2D eigenvalue weighted by Gasteiger charge is -2.37. The lowest BCUT2D eigenvalue weighted by atomic mass is 9.98. The van der Waals surface area contributed by atoms with Gasteiger partial charge in [0.15, 0.2) is 0 Å². The smallest absolute Gasteiger partial charge is 0.112 e. The van der Waals surface area contributed by atoms with Crippen LogP contribution in [0.4, 0.5) is 5.69 Å². The van der Waals surface area contributed by atoms with Crippen molar-refractivity contribution in [1.82, 2.24) is 15.3 Å². The predicted molar refractivity (Wildman–Crippen MR) is 88.6 cm³/mol. The van der Waals surface area contributed by atoms with E-state index < -0.39 is 0 Å². The van der Waals surface area contributed by atoms with Crippen LogP contribution in [0.3, 0.4) is 0 Å². The summed E-state index contributed by atoms with van der Waals surface area (Å²) in [6.45, 7) is 0. The lowest BCUT2D eigenvalue weighted by Crippen LogP contribution is -2.47. The fourth-order valence-corrected chi connectivity index (χ4v) is 4.14. The van der Waals surface area contributed by atoms with Gasteiger partial charge >= 0.3 is 0 Å². The molecule has 2 aliphatic heterocycles. The quantitative estimate of drug-likeness (QED) is 0.906. The van der Waals surface area contributed by atoms with Gasteiger partial charge in [0, 0.05) is 42.0 Å². The van der Waals surface area contributed by atoms with Crippen LogP contribution in [0.5, 0.6) is 0 Å². The molecule has 0 amide bonds. The Morgan fingerprint density at radius 2 is 2.00 bits per heavy atom. The number of rotatable bonds is 2. The SMILES string of the molecule is CN(c1ccnc2cc(Br)cnc12)C1CC2CCC(C1)N2. The van der Waals surface area contributed by atoms with Crippen molar-refractivity contribution in [3.8, 4) is 0 Å². The van der Waals surface area contributed by atoms with Crippen LogP contribution >= 0.6 is 15.9 Å². The summed E-state index contributed by atoms with van der Waals surface area (Å²) in [5.74, 6) is 0. The average molecular weight is 347 g/mol. The normalized spacial score (nSPS) is 28.0. The van der Waals surface area contributed by atoms with E-state index in [2.05, 4.69) is 49.2 Å². The highest BCUT2D eigenvalue weighted by Gasteiger charge is 2.35. The van der Waals surface area contributed by atoms with E-state index in [4.69, 9.17) is 0 Å². The minimum absolute atomic E-state index is 0.597. The summed E-state index contributed by atoms with van der Waals surface area (Å²) in [6.07, 6.45) is 8.86. The summed E-state index contributed by atoms with van der Waals surface area (Å²) in [7, 11) is 2.20. The van der Waals surface area contributed by atoms with Gasteiger partial charge in [-0.15, -0.1) is 0 Å². The van der Waals surface area contributed by atoms with E-state index >= 15 is 0 Å². The third kappa shape index (κ3) is 2.42. The molecule has 2 fully saturated rings. The van der Waals surface area contributed by atoms with Crippen molar-refractivity contribution in [2.24, 2.45) is 0 Å². The number of halogens is 1. The van der Waals surface area contributed by atoms with Gasteiger partial charge < -0.3 is 10.2 Å². The van der Waals surface area contributed by atoms with Gasteiger partial charge in [-0.05, 0) is 53.7 Å². The summed E-state index contributed by atoms with van der Waals surface area (Å²) in [4.78, 5) is 11.4. The van der Waals surface area contributed by atoms with E-state index in [1.807, 2.05) is 18.5 Å². The van der Waals surface area contributed by atoms with E-state index in [9.17, 15) is 0 Å². The Morgan fingerprint density at radius 3 is 2.76 bits per heavy atom. The Balaban J connectivity index is 1.69. The first kappa shape index (κ1) is 13.5. The molecule has 0 radical (unpaired) electrons. The number of nitrogens with one attached hydrogen (secondary N) is 1. The molecule has 4 heterocycles. The maximum Gasteiger partial charge on any atom is 0.112 e. The van der Waals surface area contributed by atoms with E-state index in [0.29, 0.717) is 18.1 Å². The van der Waals surface area contributed by atoms with E-state index in [1.54, 1.807) is 0 Å². The van der Waals surface area contributed by atoms with Crippen LogP contribution in [0.15, 0.2) is 29.0 Å². The molecule has 4 nitrogen and oxygen atoms in total. The van der Waals surface area contributed by atoms with Crippen molar-refractivity contribution in [3.63, 3.8) is 0 Å². The number of nitrogens with zero attached hydrogens (tertiary/aromatic N) is 3. The molecule has 110 valence electrons. The van der Waals surface area contributed by atoms with Crippen LogP contribution in [0.2, 0.25) is 0 Å². The van der Waals surface area contributed by atoms with Crippen LogP contribution in [-0.4, -0.2) is 35.1 Å². The van der Waals surface area contributed by atoms with Gasteiger partial charge in [-0.2, -0.15) is 0 Å². The molecular formula is C16H19BrN4. The van der Waals surface area contributed by atoms with Crippen LogP contribution < -0.4 is 10.2 Å². The average Bonchev–Trinajstić information content (AvgIpc) is 2.84. The first-order chi connectivity index (χ1) is 10.2. The number of anilines is 1.